The van der Waals surface area contributed by atoms with Crippen LogP contribution < -0.4 is 9.47 Å². The second-order valence-corrected chi connectivity index (χ2v) is 5.06. The zero-order valence-electron chi connectivity index (χ0n) is 11.2. The molecule has 0 radical (unpaired) electrons. The summed E-state index contributed by atoms with van der Waals surface area (Å²) in [5, 5.41) is 1.29. The zero-order chi connectivity index (χ0) is 12.7. The second-order valence-electron chi connectivity index (χ2n) is 5.06. The molecule has 2 aromatic rings. The van der Waals surface area contributed by atoms with E-state index in [0.29, 0.717) is 5.92 Å². The van der Waals surface area contributed by atoms with E-state index in [-0.39, 0.29) is 0 Å². The van der Waals surface area contributed by atoms with E-state index in [4.69, 9.17) is 9.47 Å². The first kappa shape index (κ1) is 11.5. The molecule has 0 spiro atoms. The Hall–Kier alpha value is -1.64. The van der Waals surface area contributed by atoms with Gasteiger partial charge in [0.05, 0.1) is 14.2 Å². The number of nitrogens with one attached hydrogen (secondary N) is 1. The van der Waals surface area contributed by atoms with Crippen LogP contribution in [0.25, 0.3) is 10.9 Å². The molecule has 1 unspecified atom stereocenters. The minimum atomic E-state index is 0.623. The number of aromatic amines is 1. The van der Waals surface area contributed by atoms with Gasteiger partial charge in [0.1, 0.15) is 0 Å². The van der Waals surface area contributed by atoms with Crippen LogP contribution in [-0.4, -0.2) is 19.2 Å². The number of rotatable bonds is 2. The topological polar surface area (TPSA) is 34.2 Å². The summed E-state index contributed by atoms with van der Waals surface area (Å²) in [5.41, 5.74) is 4.02. The molecule has 3 rings (SSSR count). The zero-order valence-corrected chi connectivity index (χ0v) is 11.2. The minimum absolute atomic E-state index is 0.623. The van der Waals surface area contributed by atoms with Gasteiger partial charge in [-0.15, -0.1) is 0 Å². The molecule has 0 saturated carbocycles. The van der Waals surface area contributed by atoms with Crippen LogP contribution in [0.3, 0.4) is 0 Å². The first-order valence-corrected chi connectivity index (χ1v) is 6.51. The number of aryl methyl sites for hydroxylation is 1. The van der Waals surface area contributed by atoms with E-state index < -0.39 is 0 Å². The molecule has 1 aliphatic rings. The Labute approximate surface area is 107 Å². The molecule has 0 fully saturated rings. The monoisotopic (exact) mass is 245 g/mol. The van der Waals surface area contributed by atoms with Gasteiger partial charge in [-0.25, -0.2) is 0 Å². The summed E-state index contributed by atoms with van der Waals surface area (Å²) in [7, 11) is 3.36. The fraction of sp³-hybridized carbons (Fsp3) is 0.467. The van der Waals surface area contributed by atoms with E-state index in [1.54, 1.807) is 14.2 Å². The van der Waals surface area contributed by atoms with E-state index in [2.05, 4.69) is 18.0 Å². The molecule has 1 heterocycles. The Kier molecular flexibility index (Phi) is 2.69. The molecule has 0 aliphatic heterocycles. The molecule has 18 heavy (non-hydrogen) atoms. The van der Waals surface area contributed by atoms with Gasteiger partial charge in [-0.1, -0.05) is 6.92 Å². The van der Waals surface area contributed by atoms with Crippen molar-refractivity contribution in [1.82, 2.24) is 4.98 Å². The van der Waals surface area contributed by atoms with Crippen LogP contribution in [0.1, 0.15) is 36.9 Å². The lowest BCUT2D eigenvalue weighted by molar-refractivity contribution is 0.356. The number of aromatic nitrogens is 1. The highest BCUT2D eigenvalue weighted by Gasteiger charge is 2.22. The first-order valence-electron chi connectivity index (χ1n) is 6.51. The third-order valence-corrected chi connectivity index (χ3v) is 4.00. The molecular formula is C15H19NO2. The fourth-order valence-corrected chi connectivity index (χ4v) is 3.02. The van der Waals surface area contributed by atoms with Gasteiger partial charge in [-0.05, 0) is 36.8 Å². The summed E-state index contributed by atoms with van der Waals surface area (Å²) in [6.45, 7) is 2.29. The highest BCUT2D eigenvalue weighted by molar-refractivity contribution is 5.88. The summed E-state index contributed by atoms with van der Waals surface area (Å²) < 4.78 is 10.8. The molecule has 0 saturated heterocycles. The smallest absolute Gasteiger partial charge is 0.162 e. The third-order valence-electron chi connectivity index (χ3n) is 4.00. The van der Waals surface area contributed by atoms with E-state index >= 15 is 0 Å². The number of benzene rings is 1. The molecule has 1 aromatic heterocycles. The molecule has 96 valence electrons. The SMILES string of the molecule is COc1cc2[nH]c3c(c2cc1OC)CCCC3C. The van der Waals surface area contributed by atoms with Crippen molar-refractivity contribution in [2.24, 2.45) is 0 Å². The molecule has 0 amide bonds. The van der Waals surface area contributed by atoms with Crippen molar-refractivity contribution in [2.75, 3.05) is 14.2 Å². The number of fused-ring (bicyclic) bond motifs is 3. The Morgan fingerprint density at radius 3 is 2.61 bits per heavy atom. The first-order chi connectivity index (χ1) is 8.74. The van der Waals surface area contributed by atoms with Gasteiger partial charge < -0.3 is 14.5 Å². The molecular weight excluding hydrogens is 226 g/mol. The highest BCUT2D eigenvalue weighted by atomic mass is 16.5. The third kappa shape index (κ3) is 1.57. The average molecular weight is 245 g/mol. The minimum Gasteiger partial charge on any atom is -0.493 e. The maximum Gasteiger partial charge on any atom is 0.162 e. The summed E-state index contributed by atoms with van der Waals surface area (Å²) in [6, 6.07) is 4.14. The standard InChI is InChI=1S/C15H19NO2/c1-9-5-4-6-10-11-7-13(17-2)14(18-3)8-12(11)16-15(9)10/h7-9,16H,4-6H2,1-3H3. The van der Waals surface area contributed by atoms with Crippen LogP contribution in [-0.2, 0) is 6.42 Å². The molecule has 1 atom stereocenters. The van der Waals surface area contributed by atoms with E-state index in [1.807, 2.05) is 6.07 Å². The fourth-order valence-electron chi connectivity index (χ4n) is 3.02. The van der Waals surface area contributed by atoms with Crippen LogP contribution in [0.15, 0.2) is 12.1 Å². The maximum absolute atomic E-state index is 5.39. The summed E-state index contributed by atoms with van der Waals surface area (Å²) in [4.78, 5) is 3.56. The van der Waals surface area contributed by atoms with Crippen LogP contribution in [0, 0.1) is 0 Å². The molecule has 3 nitrogen and oxygen atoms in total. The van der Waals surface area contributed by atoms with Crippen molar-refractivity contribution in [2.45, 2.75) is 32.1 Å². The predicted octanol–water partition coefficient (Wildman–Crippen LogP) is 3.62. The van der Waals surface area contributed by atoms with Gasteiger partial charge in [0.15, 0.2) is 11.5 Å². The Balaban J connectivity index is 2.25. The van der Waals surface area contributed by atoms with Crippen molar-refractivity contribution < 1.29 is 9.47 Å². The van der Waals surface area contributed by atoms with Crippen molar-refractivity contribution in [3.8, 4) is 11.5 Å². The Bertz CT molecular complexity index is 586. The number of hydrogen-bond donors (Lipinski definition) is 1. The van der Waals surface area contributed by atoms with Crippen molar-refractivity contribution in [1.29, 1.82) is 0 Å². The predicted molar refractivity (Wildman–Crippen MR) is 72.8 cm³/mol. The number of methoxy groups -OCH3 is 2. The van der Waals surface area contributed by atoms with Gasteiger partial charge in [-0.2, -0.15) is 0 Å². The van der Waals surface area contributed by atoms with Crippen LogP contribution >= 0.6 is 0 Å². The van der Waals surface area contributed by atoms with Crippen LogP contribution in [0.4, 0.5) is 0 Å². The number of H-pyrrole nitrogens is 1. The summed E-state index contributed by atoms with van der Waals surface area (Å²) >= 11 is 0. The lowest BCUT2D eigenvalue weighted by atomic mass is 9.88. The molecule has 1 aliphatic carbocycles. The molecule has 0 bridgehead atoms. The van der Waals surface area contributed by atoms with Gasteiger partial charge in [0, 0.05) is 22.7 Å². The Morgan fingerprint density at radius 1 is 1.17 bits per heavy atom. The molecule has 3 heteroatoms. The largest absolute Gasteiger partial charge is 0.493 e. The number of ether oxygens (including phenoxy) is 2. The Morgan fingerprint density at radius 2 is 1.89 bits per heavy atom. The molecule has 1 aromatic carbocycles. The normalized spacial score (nSPS) is 18.7. The van der Waals surface area contributed by atoms with Crippen molar-refractivity contribution >= 4 is 10.9 Å². The van der Waals surface area contributed by atoms with Crippen molar-refractivity contribution in [3.63, 3.8) is 0 Å². The van der Waals surface area contributed by atoms with Crippen molar-refractivity contribution in [3.05, 3.63) is 23.4 Å². The summed E-state index contributed by atoms with van der Waals surface area (Å²) in [5.74, 6) is 2.22. The lowest BCUT2D eigenvalue weighted by Crippen LogP contribution is -2.05. The van der Waals surface area contributed by atoms with Gasteiger partial charge in [0.2, 0.25) is 0 Å². The van der Waals surface area contributed by atoms with Gasteiger partial charge in [-0.3, -0.25) is 0 Å². The van der Waals surface area contributed by atoms with Crippen LogP contribution in [0.2, 0.25) is 0 Å². The second kappa shape index (κ2) is 4.23. The van der Waals surface area contributed by atoms with Crippen LogP contribution in [0.5, 0.6) is 11.5 Å². The quantitative estimate of drug-likeness (QED) is 0.876. The van der Waals surface area contributed by atoms with Gasteiger partial charge >= 0.3 is 0 Å². The summed E-state index contributed by atoms with van der Waals surface area (Å²) in [6.07, 6.45) is 3.71. The van der Waals surface area contributed by atoms with E-state index in [1.165, 1.54) is 29.5 Å². The van der Waals surface area contributed by atoms with E-state index in [0.717, 1.165) is 23.4 Å². The molecule has 1 N–H and O–H groups in total. The average Bonchev–Trinajstić information content (AvgIpc) is 2.76. The lowest BCUT2D eigenvalue weighted by Gasteiger charge is -2.18. The highest BCUT2D eigenvalue weighted by Crippen LogP contribution is 2.40. The maximum atomic E-state index is 5.39. The van der Waals surface area contributed by atoms with Gasteiger partial charge in [0.25, 0.3) is 0 Å². The van der Waals surface area contributed by atoms with E-state index in [9.17, 15) is 0 Å². The number of hydrogen-bond acceptors (Lipinski definition) is 2.